The van der Waals surface area contributed by atoms with E-state index in [2.05, 4.69) is 6.58 Å². The summed E-state index contributed by atoms with van der Waals surface area (Å²) >= 11 is 0. The van der Waals surface area contributed by atoms with E-state index in [1.807, 2.05) is 0 Å². The van der Waals surface area contributed by atoms with Crippen LogP contribution in [0.3, 0.4) is 0 Å². The lowest BCUT2D eigenvalue weighted by Gasteiger charge is -2.11. The highest BCUT2D eigenvalue weighted by Crippen LogP contribution is 2.38. The summed E-state index contributed by atoms with van der Waals surface area (Å²) in [5, 5.41) is 20.0. The molecular weight excluding hydrogens is 312 g/mol. The fourth-order valence-electron chi connectivity index (χ4n) is 1.96. The summed E-state index contributed by atoms with van der Waals surface area (Å²) in [6.45, 7) is 3.18. The topological polar surface area (TPSA) is 93.1 Å². The molecule has 0 radical (unpaired) electrons. The van der Waals surface area contributed by atoms with E-state index < -0.39 is 23.3 Å². The Balaban J connectivity index is 2.10. The zero-order chi connectivity index (χ0) is 17.5. The average molecular weight is 328 g/mol. The standard InChI is InChI=1S/C18H16O6/c1-2-15(19)24-11-10-23-14-9-8-13(17(21)18(14)22)16(20)12-6-4-3-5-7-12/h2-9,21-22H,1,10-11H2. The van der Waals surface area contributed by atoms with Crippen molar-refractivity contribution < 1.29 is 29.3 Å². The first-order chi connectivity index (χ1) is 11.5. The van der Waals surface area contributed by atoms with Gasteiger partial charge in [-0.3, -0.25) is 4.79 Å². The number of phenols is 2. The molecule has 0 amide bonds. The molecule has 0 fully saturated rings. The van der Waals surface area contributed by atoms with Gasteiger partial charge in [-0.1, -0.05) is 36.9 Å². The van der Waals surface area contributed by atoms with Crippen LogP contribution >= 0.6 is 0 Å². The lowest BCUT2D eigenvalue weighted by atomic mass is 10.0. The van der Waals surface area contributed by atoms with Crippen molar-refractivity contribution in [2.24, 2.45) is 0 Å². The minimum absolute atomic E-state index is 0.0215. The predicted octanol–water partition coefficient (Wildman–Crippen LogP) is 2.44. The first kappa shape index (κ1) is 17.1. The van der Waals surface area contributed by atoms with Crippen LogP contribution in [-0.2, 0) is 9.53 Å². The average Bonchev–Trinajstić information content (AvgIpc) is 2.62. The molecule has 2 rings (SSSR count). The van der Waals surface area contributed by atoms with Crippen LogP contribution in [0, 0.1) is 0 Å². The van der Waals surface area contributed by atoms with E-state index in [4.69, 9.17) is 9.47 Å². The Hall–Kier alpha value is -3.28. The molecule has 0 bridgehead atoms. The minimum atomic E-state index is -0.588. The molecule has 0 unspecified atom stereocenters. The number of ether oxygens (including phenoxy) is 2. The van der Waals surface area contributed by atoms with E-state index in [1.165, 1.54) is 12.1 Å². The summed E-state index contributed by atoms with van der Waals surface area (Å²) in [5.41, 5.74) is 0.348. The Morgan fingerprint density at radius 2 is 1.71 bits per heavy atom. The number of esters is 1. The Bertz CT molecular complexity index is 752. The maximum Gasteiger partial charge on any atom is 0.330 e. The monoisotopic (exact) mass is 328 g/mol. The summed E-state index contributed by atoms with van der Waals surface area (Å²) in [7, 11) is 0. The second-order valence-corrected chi connectivity index (χ2v) is 4.72. The largest absolute Gasteiger partial charge is 0.504 e. The third-order valence-corrected chi connectivity index (χ3v) is 3.15. The predicted molar refractivity (Wildman–Crippen MR) is 86.3 cm³/mol. The second-order valence-electron chi connectivity index (χ2n) is 4.72. The molecule has 6 heteroatoms. The fraction of sp³-hybridized carbons (Fsp3) is 0.111. The Morgan fingerprint density at radius 3 is 2.38 bits per heavy atom. The molecule has 2 N–H and O–H groups in total. The minimum Gasteiger partial charge on any atom is -0.504 e. The molecule has 24 heavy (non-hydrogen) atoms. The number of benzene rings is 2. The number of phenolic OH excluding ortho intramolecular Hbond substituents is 2. The van der Waals surface area contributed by atoms with Gasteiger partial charge in [0.25, 0.3) is 0 Å². The van der Waals surface area contributed by atoms with E-state index in [0.29, 0.717) is 5.56 Å². The van der Waals surface area contributed by atoms with Crippen LogP contribution in [0.25, 0.3) is 0 Å². The van der Waals surface area contributed by atoms with Crippen LogP contribution in [-0.4, -0.2) is 35.2 Å². The maximum absolute atomic E-state index is 12.3. The molecule has 0 saturated heterocycles. The van der Waals surface area contributed by atoms with Gasteiger partial charge < -0.3 is 19.7 Å². The SMILES string of the molecule is C=CC(=O)OCCOc1ccc(C(=O)c2ccccc2)c(O)c1O. The van der Waals surface area contributed by atoms with Crippen molar-refractivity contribution in [1.29, 1.82) is 0 Å². The van der Waals surface area contributed by atoms with Gasteiger partial charge in [-0.25, -0.2) is 4.79 Å². The first-order valence-electron chi connectivity index (χ1n) is 7.11. The van der Waals surface area contributed by atoms with Crippen molar-refractivity contribution in [2.75, 3.05) is 13.2 Å². The van der Waals surface area contributed by atoms with Gasteiger partial charge in [0.2, 0.25) is 5.75 Å². The summed E-state index contributed by atoms with van der Waals surface area (Å²) in [4.78, 5) is 23.2. The van der Waals surface area contributed by atoms with Gasteiger partial charge in [0.05, 0.1) is 5.56 Å². The third kappa shape index (κ3) is 3.92. The highest BCUT2D eigenvalue weighted by Gasteiger charge is 2.19. The van der Waals surface area contributed by atoms with Gasteiger partial charge >= 0.3 is 5.97 Å². The maximum atomic E-state index is 12.3. The normalized spacial score (nSPS) is 10.0. The third-order valence-electron chi connectivity index (χ3n) is 3.15. The quantitative estimate of drug-likeness (QED) is 0.267. The highest BCUT2D eigenvalue weighted by molar-refractivity contribution is 6.11. The van der Waals surface area contributed by atoms with Gasteiger partial charge in [0.1, 0.15) is 13.2 Å². The van der Waals surface area contributed by atoms with E-state index in [-0.39, 0.29) is 24.5 Å². The van der Waals surface area contributed by atoms with Crippen molar-refractivity contribution in [3.8, 4) is 17.2 Å². The second kappa shape index (κ2) is 7.82. The molecule has 124 valence electrons. The van der Waals surface area contributed by atoms with Gasteiger partial charge in [-0.05, 0) is 12.1 Å². The first-order valence-corrected chi connectivity index (χ1v) is 7.11. The molecule has 0 aromatic heterocycles. The molecule has 0 aliphatic heterocycles. The lowest BCUT2D eigenvalue weighted by Crippen LogP contribution is -2.10. The smallest absolute Gasteiger partial charge is 0.330 e. The molecule has 2 aromatic rings. The van der Waals surface area contributed by atoms with Crippen LogP contribution in [0.4, 0.5) is 0 Å². The number of carbonyl (C=O) groups is 2. The summed E-state index contributed by atoms with van der Waals surface area (Å²) < 4.78 is 9.94. The number of aromatic hydroxyl groups is 2. The van der Waals surface area contributed by atoms with E-state index in [0.717, 1.165) is 6.08 Å². The van der Waals surface area contributed by atoms with Crippen molar-refractivity contribution in [2.45, 2.75) is 0 Å². The van der Waals surface area contributed by atoms with Crippen LogP contribution in [0.1, 0.15) is 15.9 Å². The zero-order valence-corrected chi connectivity index (χ0v) is 12.8. The number of rotatable bonds is 7. The Morgan fingerprint density at radius 1 is 1.00 bits per heavy atom. The molecule has 2 aromatic carbocycles. The number of ketones is 1. The lowest BCUT2D eigenvalue weighted by molar-refractivity contribution is -0.138. The van der Waals surface area contributed by atoms with Crippen LogP contribution in [0.5, 0.6) is 17.2 Å². The van der Waals surface area contributed by atoms with Crippen molar-refractivity contribution in [3.05, 3.63) is 66.2 Å². The van der Waals surface area contributed by atoms with Gasteiger partial charge in [-0.2, -0.15) is 0 Å². The number of hydrogen-bond donors (Lipinski definition) is 2. The molecule has 0 atom stereocenters. The van der Waals surface area contributed by atoms with Crippen LogP contribution < -0.4 is 4.74 Å². The highest BCUT2D eigenvalue weighted by atomic mass is 16.6. The summed E-state index contributed by atoms with van der Waals surface area (Å²) in [5.74, 6) is -2.15. The molecule has 0 spiro atoms. The van der Waals surface area contributed by atoms with Crippen LogP contribution in [0.2, 0.25) is 0 Å². The Labute approximate surface area is 138 Å². The van der Waals surface area contributed by atoms with E-state index in [1.54, 1.807) is 30.3 Å². The van der Waals surface area contributed by atoms with Gasteiger partial charge in [0.15, 0.2) is 17.3 Å². The summed E-state index contributed by atoms with van der Waals surface area (Å²) in [6, 6.07) is 11.1. The molecule has 6 nitrogen and oxygen atoms in total. The van der Waals surface area contributed by atoms with Gasteiger partial charge in [-0.15, -0.1) is 0 Å². The summed E-state index contributed by atoms with van der Waals surface area (Å²) in [6.07, 6.45) is 1.02. The fourth-order valence-corrected chi connectivity index (χ4v) is 1.96. The zero-order valence-electron chi connectivity index (χ0n) is 12.8. The van der Waals surface area contributed by atoms with Crippen molar-refractivity contribution >= 4 is 11.8 Å². The van der Waals surface area contributed by atoms with E-state index >= 15 is 0 Å². The van der Waals surface area contributed by atoms with E-state index in [9.17, 15) is 19.8 Å². The van der Waals surface area contributed by atoms with Crippen molar-refractivity contribution in [1.82, 2.24) is 0 Å². The van der Waals surface area contributed by atoms with Gasteiger partial charge in [0, 0.05) is 11.6 Å². The number of hydrogen-bond acceptors (Lipinski definition) is 6. The van der Waals surface area contributed by atoms with Crippen molar-refractivity contribution in [3.63, 3.8) is 0 Å². The molecule has 0 aliphatic carbocycles. The molecular formula is C18H16O6. The molecule has 0 heterocycles. The Kier molecular flexibility index (Phi) is 5.57. The van der Waals surface area contributed by atoms with Crippen LogP contribution in [0.15, 0.2) is 55.1 Å². The number of carbonyl (C=O) groups excluding carboxylic acids is 2. The molecule has 0 saturated carbocycles. The molecule has 0 aliphatic rings.